The van der Waals surface area contributed by atoms with Crippen LogP contribution in [-0.4, -0.2) is 7.22 Å². The molecule has 0 bridgehead atoms. The van der Waals surface area contributed by atoms with Crippen molar-refractivity contribution in [3.05, 3.63) is 0 Å². The van der Waals surface area contributed by atoms with Crippen LogP contribution in [0, 0.1) is 0 Å². The molecule has 0 nitrogen and oxygen atoms in total. The van der Waals surface area contributed by atoms with E-state index in [1.165, 1.54) is 0 Å². The van der Waals surface area contributed by atoms with Gasteiger partial charge in [0.2, 0.25) is 0 Å². The summed E-state index contributed by atoms with van der Waals surface area (Å²) in [7, 11) is -0.917. The van der Waals surface area contributed by atoms with Crippen LogP contribution in [0.5, 0.6) is 0 Å². The van der Waals surface area contributed by atoms with E-state index in [2.05, 4.69) is 31.7 Å². The van der Waals surface area contributed by atoms with E-state index in [9.17, 15) is 0 Å². The van der Waals surface area contributed by atoms with E-state index >= 15 is 0 Å². The molecule has 0 aromatic heterocycles. The van der Waals surface area contributed by atoms with Crippen LogP contribution >= 0.6 is 12.1 Å². The average molecular weight is 130 g/mol. The molecule has 0 aromatic rings. The molecule has 0 aromatic carbocycles. The Morgan fingerprint density at radius 3 is 1.33 bits per heavy atom. The average Bonchev–Trinajstić information content (AvgIpc) is 0.722. The van der Waals surface area contributed by atoms with E-state index in [0.717, 1.165) is 0 Å². The van der Waals surface area contributed by atoms with Crippen LogP contribution in [0.2, 0.25) is 19.6 Å². The van der Waals surface area contributed by atoms with Crippen molar-refractivity contribution in [2.75, 3.05) is 0 Å². The molecule has 0 aliphatic heterocycles. The minimum absolute atomic E-state index is 0. The van der Waals surface area contributed by atoms with E-state index in [1.54, 1.807) is 0 Å². The third-order valence-corrected chi connectivity index (χ3v) is 0. The van der Waals surface area contributed by atoms with Gasteiger partial charge in [0, 0.05) is 0 Å². The summed E-state index contributed by atoms with van der Waals surface area (Å²) in [5, 5.41) is 0. The van der Waals surface area contributed by atoms with E-state index in [4.69, 9.17) is 0 Å². The zero-order valence-corrected chi connectivity index (χ0v) is 8.84. The van der Waals surface area contributed by atoms with Crippen molar-refractivity contribution in [3.8, 4) is 0 Å². The molecule has 0 atom stereocenters. The van der Waals surface area contributed by atoms with Gasteiger partial charge < -0.3 is 1.43 Å². The van der Waals surface area contributed by atoms with E-state index in [1.807, 2.05) is 0 Å². The van der Waals surface area contributed by atoms with Crippen LogP contribution in [0.1, 0.15) is 1.43 Å². The summed E-state index contributed by atoms with van der Waals surface area (Å²) in [6.07, 6.45) is 0. The minimum atomic E-state index is -0.917. The first kappa shape index (κ1) is 10.5. The van der Waals surface area contributed by atoms with Gasteiger partial charge in [-0.25, -0.2) is 12.1 Å². The van der Waals surface area contributed by atoms with Gasteiger partial charge in [-0.15, -0.1) is 0 Å². The molecule has 0 spiro atoms. The molecule has 0 N–H and O–H groups in total. The van der Waals surface area contributed by atoms with E-state index in [-0.39, 0.29) is 31.0 Å². The fourth-order valence-corrected chi connectivity index (χ4v) is 0. The molecule has 6 heavy (non-hydrogen) atoms. The second-order valence-corrected chi connectivity index (χ2v) is 10.5. The predicted molar refractivity (Wildman–Crippen MR) is 33.4 cm³/mol. The molecular weight excluding hydrogens is 119 g/mol. The van der Waals surface area contributed by atoms with Gasteiger partial charge >= 0.3 is 29.6 Å². The number of hydrogen-bond donors (Lipinski definition) is 1. The van der Waals surface area contributed by atoms with Crippen LogP contribution in [-0.2, 0) is 0 Å². The first-order valence-electron chi connectivity index (χ1n) is 1.72. The van der Waals surface area contributed by atoms with Crippen LogP contribution in [0.25, 0.3) is 0 Å². The summed E-state index contributed by atoms with van der Waals surface area (Å²) in [5.41, 5.74) is 0. The van der Waals surface area contributed by atoms with E-state index in [0.29, 0.717) is 0 Å². The minimum Gasteiger partial charge on any atom is -1.00 e. The fourth-order valence-electron chi connectivity index (χ4n) is 0. The Kier molecular flexibility index (Phi) is 6.24. The summed E-state index contributed by atoms with van der Waals surface area (Å²) < 4.78 is 0. The summed E-state index contributed by atoms with van der Waals surface area (Å²) in [4.78, 5) is 0. The molecule has 0 aliphatic rings. The third kappa shape index (κ3) is 47.3. The standard InChI is InChI=1S/C3H10SSi.Na.H/c1-5(2,3)4;;/h4H,1-3H3;;/q;+1;-1. The molecule has 0 rings (SSSR count). The summed E-state index contributed by atoms with van der Waals surface area (Å²) in [6.45, 7) is 6.57. The van der Waals surface area contributed by atoms with Crippen molar-refractivity contribution in [2.24, 2.45) is 0 Å². The van der Waals surface area contributed by atoms with Crippen molar-refractivity contribution in [1.82, 2.24) is 0 Å². The Labute approximate surface area is 69.5 Å². The molecule has 0 saturated carbocycles. The molecule has 0 saturated heterocycles. The van der Waals surface area contributed by atoms with Gasteiger partial charge in [-0.1, -0.05) is 19.6 Å². The Morgan fingerprint density at radius 1 is 1.33 bits per heavy atom. The van der Waals surface area contributed by atoms with Gasteiger partial charge in [-0.3, -0.25) is 0 Å². The van der Waals surface area contributed by atoms with Crippen LogP contribution in [0.4, 0.5) is 0 Å². The molecule has 0 heterocycles. The molecule has 34 valence electrons. The van der Waals surface area contributed by atoms with Crippen molar-refractivity contribution in [2.45, 2.75) is 19.6 Å². The van der Waals surface area contributed by atoms with Gasteiger partial charge in [0.25, 0.3) is 0 Å². The Balaban J connectivity index is -0.0000000800. The van der Waals surface area contributed by atoms with Crippen LogP contribution in [0.15, 0.2) is 0 Å². The summed E-state index contributed by atoms with van der Waals surface area (Å²) in [6, 6.07) is 0. The molecule has 0 radical (unpaired) electrons. The Hall–Kier alpha value is 1.57. The predicted octanol–water partition coefficient (Wildman–Crippen LogP) is -1.13. The molecular formula is C3H11NaSSi. The Morgan fingerprint density at radius 2 is 1.33 bits per heavy atom. The number of hydrogen-bond acceptors (Lipinski definition) is 1. The van der Waals surface area contributed by atoms with Gasteiger partial charge in [0.05, 0.1) is 0 Å². The quantitative estimate of drug-likeness (QED) is 0.311. The second kappa shape index (κ2) is 3.55. The molecule has 3 heteroatoms. The Bertz CT molecular complexity index is 30.4. The molecule has 0 amide bonds. The molecule has 0 aliphatic carbocycles. The van der Waals surface area contributed by atoms with Crippen molar-refractivity contribution in [1.29, 1.82) is 0 Å². The summed E-state index contributed by atoms with van der Waals surface area (Å²) in [5.74, 6) is 0. The smallest absolute Gasteiger partial charge is 1.00 e. The zero-order chi connectivity index (χ0) is 4.50. The first-order chi connectivity index (χ1) is 2.00. The fraction of sp³-hybridized carbons (Fsp3) is 1.00. The normalized spacial score (nSPS) is 10.0. The number of thiol groups is 1. The second-order valence-electron chi connectivity index (χ2n) is 2.17. The maximum atomic E-state index is 4.26. The van der Waals surface area contributed by atoms with Crippen LogP contribution in [0.3, 0.4) is 0 Å². The molecule has 0 fully saturated rings. The largest absolute Gasteiger partial charge is 1.00 e. The monoisotopic (exact) mass is 130 g/mol. The maximum absolute atomic E-state index is 4.26. The van der Waals surface area contributed by atoms with Crippen molar-refractivity contribution >= 4 is 19.3 Å². The van der Waals surface area contributed by atoms with Crippen molar-refractivity contribution in [3.63, 3.8) is 0 Å². The van der Waals surface area contributed by atoms with Gasteiger partial charge in [0.1, 0.15) is 7.22 Å². The third-order valence-electron chi connectivity index (χ3n) is 0. The van der Waals surface area contributed by atoms with Crippen LogP contribution < -0.4 is 29.6 Å². The van der Waals surface area contributed by atoms with Gasteiger partial charge in [0.15, 0.2) is 0 Å². The van der Waals surface area contributed by atoms with Gasteiger partial charge in [-0.2, -0.15) is 0 Å². The summed E-state index contributed by atoms with van der Waals surface area (Å²) >= 11 is 4.26. The van der Waals surface area contributed by atoms with E-state index < -0.39 is 7.22 Å². The first-order valence-corrected chi connectivity index (χ1v) is 6.51. The SMILES string of the molecule is C[Si](C)(C)S.[H-].[Na+]. The topological polar surface area (TPSA) is 0 Å². The molecule has 0 unspecified atom stereocenters. The van der Waals surface area contributed by atoms with Gasteiger partial charge in [-0.05, 0) is 0 Å². The van der Waals surface area contributed by atoms with Crippen molar-refractivity contribution < 1.29 is 31.0 Å². The maximum Gasteiger partial charge on any atom is 1.00 e. The number of rotatable bonds is 0. The zero-order valence-electron chi connectivity index (χ0n) is 5.95.